The van der Waals surface area contributed by atoms with Crippen LogP contribution in [0.1, 0.15) is 25.3 Å². The van der Waals surface area contributed by atoms with E-state index in [0.29, 0.717) is 6.04 Å². The highest BCUT2D eigenvalue weighted by Gasteiger charge is 2.46. The summed E-state index contributed by atoms with van der Waals surface area (Å²) in [6, 6.07) is 8.60. The van der Waals surface area contributed by atoms with Gasteiger partial charge in [0, 0.05) is 18.0 Å². The maximum atomic E-state index is 9.70. The van der Waals surface area contributed by atoms with Gasteiger partial charge in [0.25, 0.3) is 0 Å². The van der Waals surface area contributed by atoms with Crippen LogP contribution in [0.15, 0.2) is 24.3 Å². The Kier molecular flexibility index (Phi) is 2.88. The van der Waals surface area contributed by atoms with Gasteiger partial charge in [-0.2, -0.15) is 0 Å². The molecule has 1 saturated carbocycles. The van der Waals surface area contributed by atoms with Crippen LogP contribution in [0, 0.1) is 5.41 Å². The molecule has 3 nitrogen and oxygen atoms in total. The molecule has 0 spiro atoms. The molecule has 2 aromatic rings. The second kappa shape index (κ2) is 4.30. The number of para-hydroxylation sites is 1. The second-order valence-electron chi connectivity index (χ2n) is 5.58. The summed E-state index contributed by atoms with van der Waals surface area (Å²) < 4.78 is 1.24. The van der Waals surface area contributed by atoms with Crippen LogP contribution in [0.5, 0.6) is 0 Å². The average Bonchev–Trinajstić information content (AvgIpc) is 2.76. The van der Waals surface area contributed by atoms with E-state index in [1.807, 2.05) is 18.2 Å². The number of benzene rings is 1. The molecule has 96 valence electrons. The number of hydrogen-bond acceptors (Lipinski definition) is 4. The first-order valence-electron chi connectivity index (χ1n) is 6.33. The lowest BCUT2D eigenvalue weighted by atomic mass is 9.64. The lowest BCUT2D eigenvalue weighted by Gasteiger charge is -2.49. The fourth-order valence-electron chi connectivity index (χ4n) is 2.45. The summed E-state index contributed by atoms with van der Waals surface area (Å²) in [5.41, 5.74) is 1.06. The molecule has 0 aliphatic heterocycles. The molecule has 2 unspecified atom stereocenters. The second-order valence-corrected chi connectivity index (χ2v) is 6.70. The predicted molar refractivity (Wildman–Crippen MR) is 74.7 cm³/mol. The van der Waals surface area contributed by atoms with E-state index in [9.17, 15) is 5.11 Å². The number of fused-ring (bicyclic) bond motifs is 1. The van der Waals surface area contributed by atoms with Crippen LogP contribution in [0.25, 0.3) is 10.2 Å². The van der Waals surface area contributed by atoms with Crippen molar-refractivity contribution in [3.8, 4) is 0 Å². The van der Waals surface area contributed by atoms with Gasteiger partial charge in [0.2, 0.25) is 0 Å². The van der Waals surface area contributed by atoms with Crippen molar-refractivity contribution in [1.29, 1.82) is 0 Å². The van der Waals surface area contributed by atoms with Crippen LogP contribution in [-0.2, 0) is 6.54 Å². The third kappa shape index (κ3) is 1.94. The molecule has 0 radical (unpaired) electrons. The molecule has 2 N–H and O–H groups in total. The quantitative estimate of drug-likeness (QED) is 0.893. The van der Waals surface area contributed by atoms with E-state index in [2.05, 4.69) is 30.2 Å². The van der Waals surface area contributed by atoms with E-state index in [4.69, 9.17) is 0 Å². The molecule has 1 aliphatic carbocycles. The lowest BCUT2D eigenvalue weighted by molar-refractivity contribution is -0.0729. The van der Waals surface area contributed by atoms with Gasteiger partial charge < -0.3 is 10.4 Å². The molecular weight excluding hydrogens is 244 g/mol. The number of thiazole rings is 1. The maximum Gasteiger partial charge on any atom is 0.108 e. The topological polar surface area (TPSA) is 45.1 Å². The van der Waals surface area contributed by atoms with Crippen LogP contribution >= 0.6 is 11.3 Å². The molecule has 2 atom stereocenters. The minimum absolute atomic E-state index is 0.0172. The van der Waals surface area contributed by atoms with Crippen LogP contribution in [-0.4, -0.2) is 22.2 Å². The third-order valence-electron chi connectivity index (χ3n) is 4.05. The van der Waals surface area contributed by atoms with E-state index in [1.165, 1.54) is 4.70 Å². The van der Waals surface area contributed by atoms with Gasteiger partial charge in [-0.3, -0.25) is 0 Å². The Hall–Kier alpha value is -0.970. The minimum atomic E-state index is -0.176. The van der Waals surface area contributed by atoms with Crippen molar-refractivity contribution < 1.29 is 5.11 Å². The predicted octanol–water partition coefficient (Wildman–Crippen LogP) is 2.55. The molecule has 0 amide bonds. The zero-order valence-corrected chi connectivity index (χ0v) is 11.5. The Morgan fingerprint density at radius 1 is 1.44 bits per heavy atom. The molecule has 4 heteroatoms. The standard InChI is InChI=1S/C14H18N2OS/c1-14(2)11(7-12(14)17)15-8-13-16-9-5-3-4-6-10(9)18-13/h3-6,11-12,15,17H,7-8H2,1-2H3. The van der Waals surface area contributed by atoms with Crippen molar-refractivity contribution in [2.24, 2.45) is 5.41 Å². The Labute approximate surface area is 111 Å². The van der Waals surface area contributed by atoms with Gasteiger partial charge in [-0.05, 0) is 18.6 Å². The van der Waals surface area contributed by atoms with E-state index < -0.39 is 0 Å². The molecule has 3 rings (SSSR count). The van der Waals surface area contributed by atoms with Gasteiger partial charge >= 0.3 is 0 Å². The van der Waals surface area contributed by atoms with Crippen molar-refractivity contribution >= 4 is 21.6 Å². The van der Waals surface area contributed by atoms with Crippen molar-refractivity contribution in [3.05, 3.63) is 29.3 Å². The Morgan fingerprint density at radius 3 is 2.89 bits per heavy atom. The first-order valence-corrected chi connectivity index (χ1v) is 7.15. The highest BCUT2D eigenvalue weighted by molar-refractivity contribution is 7.18. The molecule has 1 aromatic heterocycles. The number of rotatable bonds is 3. The number of nitrogens with one attached hydrogen (secondary N) is 1. The van der Waals surface area contributed by atoms with Crippen molar-refractivity contribution in [2.75, 3.05) is 0 Å². The molecular formula is C14H18N2OS. The van der Waals surface area contributed by atoms with Gasteiger partial charge in [0.15, 0.2) is 0 Å². The fourth-order valence-corrected chi connectivity index (χ4v) is 3.37. The summed E-state index contributed by atoms with van der Waals surface area (Å²) in [6.45, 7) is 5.01. The van der Waals surface area contributed by atoms with Gasteiger partial charge in [-0.15, -0.1) is 11.3 Å². The van der Waals surface area contributed by atoms with E-state index in [0.717, 1.165) is 23.5 Å². The number of aromatic nitrogens is 1. The lowest BCUT2D eigenvalue weighted by Crippen LogP contribution is -2.59. The Bertz CT molecular complexity index is 531. The number of aliphatic hydroxyl groups is 1. The van der Waals surface area contributed by atoms with Crippen LogP contribution in [0.4, 0.5) is 0 Å². The fraction of sp³-hybridized carbons (Fsp3) is 0.500. The molecule has 0 saturated heterocycles. The summed E-state index contributed by atoms with van der Waals surface area (Å²) >= 11 is 1.74. The van der Waals surface area contributed by atoms with E-state index >= 15 is 0 Å². The monoisotopic (exact) mass is 262 g/mol. The minimum Gasteiger partial charge on any atom is -0.392 e. The number of nitrogens with zero attached hydrogens (tertiary/aromatic N) is 1. The van der Waals surface area contributed by atoms with E-state index in [1.54, 1.807) is 11.3 Å². The van der Waals surface area contributed by atoms with Crippen LogP contribution in [0.3, 0.4) is 0 Å². The average molecular weight is 262 g/mol. The van der Waals surface area contributed by atoms with Crippen molar-refractivity contribution in [3.63, 3.8) is 0 Å². The number of aliphatic hydroxyl groups excluding tert-OH is 1. The molecule has 1 fully saturated rings. The van der Waals surface area contributed by atoms with Gasteiger partial charge in [-0.25, -0.2) is 4.98 Å². The summed E-state index contributed by atoms with van der Waals surface area (Å²) in [7, 11) is 0. The molecule has 18 heavy (non-hydrogen) atoms. The van der Waals surface area contributed by atoms with Crippen LogP contribution < -0.4 is 5.32 Å². The molecule has 1 aliphatic rings. The molecule has 1 aromatic carbocycles. The van der Waals surface area contributed by atoms with E-state index in [-0.39, 0.29) is 11.5 Å². The normalized spacial score (nSPS) is 26.2. The van der Waals surface area contributed by atoms with Crippen molar-refractivity contribution in [1.82, 2.24) is 10.3 Å². The highest BCUT2D eigenvalue weighted by Crippen LogP contribution is 2.40. The Morgan fingerprint density at radius 2 is 2.22 bits per heavy atom. The SMILES string of the molecule is CC1(C)C(O)CC1NCc1nc2ccccc2s1. The maximum absolute atomic E-state index is 9.70. The van der Waals surface area contributed by atoms with Crippen molar-refractivity contribution in [2.45, 2.75) is 39.0 Å². The molecule has 1 heterocycles. The van der Waals surface area contributed by atoms with Gasteiger partial charge in [0.1, 0.15) is 5.01 Å². The Balaban J connectivity index is 1.67. The molecule has 0 bridgehead atoms. The number of hydrogen-bond donors (Lipinski definition) is 2. The largest absolute Gasteiger partial charge is 0.392 e. The summed E-state index contributed by atoms with van der Waals surface area (Å²) in [5, 5.41) is 14.3. The van der Waals surface area contributed by atoms with Crippen LogP contribution in [0.2, 0.25) is 0 Å². The van der Waals surface area contributed by atoms with Gasteiger partial charge in [-0.1, -0.05) is 26.0 Å². The first-order chi connectivity index (χ1) is 8.57. The summed E-state index contributed by atoms with van der Waals surface area (Å²) in [4.78, 5) is 4.60. The zero-order chi connectivity index (χ0) is 12.8. The summed E-state index contributed by atoms with van der Waals surface area (Å²) in [6.07, 6.45) is 0.670. The third-order valence-corrected chi connectivity index (χ3v) is 5.09. The highest BCUT2D eigenvalue weighted by atomic mass is 32.1. The zero-order valence-electron chi connectivity index (χ0n) is 10.7. The summed E-state index contributed by atoms with van der Waals surface area (Å²) in [5.74, 6) is 0. The smallest absolute Gasteiger partial charge is 0.108 e. The first kappa shape index (κ1) is 12.1. The van der Waals surface area contributed by atoms with Gasteiger partial charge in [0.05, 0.1) is 16.3 Å².